The highest BCUT2D eigenvalue weighted by molar-refractivity contribution is 6.01. The number of carbonyl (C=O) groups excluding carboxylic acids is 2. The zero-order valence-electron chi connectivity index (χ0n) is 16.7. The SMILES string of the molecule is C/C=C/CN1C(=O)C2C(NC3N(Cc4ccccc4F)N=C(C)CN23)N(C)C1=O. The molecule has 2 fully saturated rings. The maximum Gasteiger partial charge on any atom is 0.328 e. The number of urea groups is 1. The molecule has 0 spiro atoms. The van der Waals surface area contributed by atoms with Crippen LogP contribution >= 0.6 is 0 Å². The van der Waals surface area contributed by atoms with Gasteiger partial charge >= 0.3 is 6.03 Å². The van der Waals surface area contributed by atoms with Gasteiger partial charge in [0.1, 0.15) is 18.0 Å². The lowest BCUT2D eigenvalue weighted by Crippen LogP contribution is -2.66. The number of carbonyl (C=O) groups is 2. The molecule has 1 aromatic rings. The molecule has 3 unspecified atom stereocenters. The zero-order chi connectivity index (χ0) is 20.7. The van der Waals surface area contributed by atoms with E-state index in [1.165, 1.54) is 11.0 Å². The molecule has 3 aliphatic rings. The van der Waals surface area contributed by atoms with Crippen molar-refractivity contribution in [3.63, 3.8) is 0 Å². The van der Waals surface area contributed by atoms with Crippen molar-refractivity contribution in [1.82, 2.24) is 25.0 Å². The lowest BCUT2D eigenvalue weighted by Gasteiger charge is -2.42. The number of fused-ring (bicyclic) bond motifs is 3. The van der Waals surface area contributed by atoms with Crippen molar-refractivity contribution in [1.29, 1.82) is 0 Å². The lowest BCUT2D eigenvalue weighted by atomic mass is 10.1. The van der Waals surface area contributed by atoms with Gasteiger partial charge in [0.2, 0.25) is 0 Å². The van der Waals surface area contributed by atoms with Crippen LogP contribution in [0.25, 0.3) is 0 Å². The highest BCUT2D eigenvalue weighted by atomic mass is 19.1. The second-order valence-corrected chi connectivity index (χ2v) is 7.54. The monoisotopic (exact) mass is 400 g/mol. The number of nitrogens with zero attached hydrogens (tertiary/aromatic N) is 5. The van der Waals surface area contributed by atoms with Crippen molar-refractivity contribution in [2.75, 3.05) is 20.1 Å². The molecule has 0 aromatic heterocycles. The van der Waals surface area contributed by atoms with E-state index >= 15 is 0 Å². The minimum Gasteiger partial charge on any atom is -0.310 e. The Morgan fingerprint density at radius 2 is 2.07 bits per heavy atom. The number of hydrogen-bond donors (Lipinski definition) is 1. The van der Waals surface area contributed by atoms with Crippen LogP contribution in [0, 0.1) is 5.82 Å². The van der Waals surface area contributed by atoms with E-state index in [1.54, 1.807) is 41.2 Å². The van der Waals surface area contributed by atoms with Crippen LogP contribution in [0.4, 0.5) is 9.18 Å². The highest BCUT2D eigenvalue weighted by Gasteiger charge is 2.56. The molecule has 154 valence electrons. The summed E-state index contributed by atoms with van der Waals surface area (Å²) in [5.74, 6) is -0.527. The van der Waals surface area contributed by atoms with E-state index in [4.69, 9.17) is 0 Å². The molecule has 1 N–H and O–H groups in total. The first kappa shape index (κ1) is 19.5. The molecular formula is C20H25FN6O2. The Hall–Kier alpha value is -2.78. The van der Waals surface area contributed by atoms with Crippen LogP contribution in [-0.2, 0) is 11.3 Å². The van der Waals surface area contributed by atoms with Gasteiger partial charge in [-0.15, -0.1) is 0 Å². The minimum absolute atomic E-state index is 0.230. The standard InChI is InChI=1S/C20H25FN6O2/c1-4-5-10-25-18(28)16-17(24(3)20(25)29)22-19-26(16)11-13(2)23-27(19)12-14-8-6-7-9-15(14)21/h4-9,16-17,19,22H,10-12H2,1-3H3/b5-4+. The zero-order valence-corrected chi connectivity index (χ0v) is 16.7. The molecule has 0 saturated carbocycles. The van der Waals surface area contributed by atoms with E-state index < -0.39 is 18.5 Å². The van der Waals surface area contributed by atoms with Crippen molar-refractivity contribution in [2.45, 2.75) is 38.9 Å². The maximum absolute atomic E-state index is 14.2. The summed E-state index contributed by atoms with van der Waals surface area (Å²) in [4.78, 5) is 30.7. The third kappa shape index (κ3) is 3.30. The number of halogens is 1. The maximum atomic E-state index is 14.2. The molecular weight excluding hydrogens is 375 g/mol. The van der Waals surface area contributed by atoms with Gasteiger partial charge < -0.3 is 4.90 Å². The Kier molecular flexibility index (Phi) is 5.10. The number of likely N-dealkylation sites (N-methyl/N-ethyl adjacent to an activating group) is 1. The summed E-state index contributed by atoms with van der Waals surface area (Å²) >= 11 is 0. The van der Waals surface area contributed by atoms with Gasteiger partial charge in [0.05, 0.1) is 6.54 Å². The summed E-state index contributed by atoms with van der Waals surface area (Å²) in [7, 11) is 1.69. The first-order valence-electron chi connectivity index (χ1n) is 9.67. The molecule has 9 heteroatoms. The largest absolute Gasteiger partial charge is 0.328 e. The summed E-state index contributed by atoms with van der Waals surface area (Å²) in [6.45, 7) is 4.73. The number of amides is 3. The first-order chi connectivity index (χ1) is 13.9. The van der Waals surface area contributed by atoms with Gasteiger partial charge in [-0.25, -0.2) is 14.1 Å². The van der Waals surface area contributed by atoms with Crippen LogP contribution in [0.2, 0.25) is 0 Å². The van der Waals surface area contributed by atoms with Gasteiger partial charge in [0.15, 0.2) is 6.29 Å². The average molecular weight is 400 g/mol. The molecule has 8 nitrogen and oxygen atoms in total. The van der Waals surface area contributed by atoms with Crippen molar-refractivity contribution >= 4 is 17.6 Å². The Morgan fingerprint density at radius 3 is 2.79 bits per heavy atom. The minimum atomic E-state index is -0.526. The van der Waals surface area contributed by atoms with E-state index in [0.29, 0.717) is 12.1 Å². The molecule has 0 aliphatic carbocycles. The predicted molar refractivity (Wildman–Crippen MR) is 106 cm³/mol. The lowest BCUT2D eigenvalue weighted by molar-refractivity contribution is -0.138. The topological polar surface area (TPSA) is 71.5 Å². The van der Waals surface area contributed by atoms with Gasteiger partial charge in [-0.2, -0.15) is 5.10 Å². The van der Waals surface area contributed by atoms with Crippen molar-refractivity contribution in [2.24, 2.45) is 5.10 Å². The Labute approximate surface area is 169 Å². The van der Waals surface area contributed by atoms with E-state index in [1.807, 2.05) is 24.8 Å². The van der Waals surface area contributed by atoms with Crippen LogP contribution in [0.3, 0.4) is 0 Å². The van der Waals surface area contributed by atoms with E-state index in [2.05, 4.69) is 10.4 Å². The van der Waals surface area contributed by atoms with Gasteiger partial charge in [-0.3, -0.25) is 20.0 Å². The molecule has 0 bridgehead atoms. The van der Waals surface area contributed by atoms with Gasteiger partial charge in [-0.05, 0) is 19.9 Å². The Balaban J connectivity index is 1.63. The number of rotatable bonds is 4. The summed E-state index contributed by atoms with van der Waals surface area (Å²) in [5.41, 5.74) is 1.35. The van der Waals surface area contributed by atoms with E-state index in [-0.39, 0.29) is 30.8 Å². The number of imide groups is 1. The molecule has 3 heterocycles. The smallest absolute Gasteiger partial charge is 0.310 e. The molecule has 3 amide bonds. The quantitative estimate of drug-likeness (QED) is 0.773. The number of allylic oxidation sites excluding steroid dienone is 1. The molecule has 29 heavy (non-hydrogen) atoms. The predicted octanol–water partition coefficient (Wildman–Crippen LogP) is 1.37. The third-order valence-electron chi connectivity index (χ3n) is 5.57. The molecule has 3 atom stereocenters. The van der Waals surface area contributed by atoms with Crippen LogP contribution < -0.4 is 5.32 Å². The summed E-state index contributed by atoms with van der Waals surface area (Å²) in [5, 5.41) is 9.70. The normalized spacial score (nSPS) is 27.5. The Bertz CT molecular complexity index is 887. The van der Waals surface area contributed by atoms with Crippen LogP contribution in [0.1, 0.15) is 19.4 Å². The van der Waals surface area contributed by atoms with Crippen molar-refractivity contribution in [3.8, 4) is 0 Å². The van der Waals surface area contributed by atoms with Crippen LogP contribution in [0.15, 0.2) is 41.5 Å². The molecule has 4 rings (SSSR count). The molecule has 3 aliphatic heterocycles. The number of nitrogens with one attached hydrogen (secondary N) is 1. The third-order valence-corrected chi connectivity index (χ3v) is 5.57. The molecule has 1 aromatic carbocycles. The first-order valence-corrected chi connectivity index (χ1v) is 9.67. The van der Waals surface area contributed by atoms with E-state index in [9.17, 15) is 14.0 Å². The van der Waals surface area contributed by atoms with Crippen molar-refractivity contribution in [3.05, 3.63) is 47.8 Å². The summed E-state index contributed by atoms with van der Waals surface area (Å²) in [6, 6.07) is 5.72. The average Bonchev–Trinajstić information content (AvgIpc) is 3.08. The fraction of sp³-hybridized carbons (Fsp3) is 0.450. The van der Waals surface area contributed by atoms with Gasteiger partial charge in [-0.1, -0.05) is 30.4 Å². The summed E-state index contributed by atoms with van der Waals surface area (Å²) < 4.78 is 14.2. The fourth-order valence-corrected chi connectivity index (χ4v) is 4.15. The highest BCUT2D eigenvalue weighted by Crippen LogP contribution is 2.31. The number of hydrazone groups is 1. The van der Waals surface area contributed by atoms with Gasteiger partial charge in [0, 0.05) is 31.4 Å². The number of hydrogen-bond acceptors (Lipinski definition) is 6. The molecule has 0 radical (unpaired) electrons. The number of benzene rings is 1. The van der Waals surface area contributed by atoms with Crippen LogP contribution in [0.5, 0.6) is 0 Å². The van der Waals surface area contributed by atoms with Crippen molar-refractivity contribution < 1.29 is 14.0 Å². The Morgan fingerprint density at radius 1 is 1.31 bits per heavy atom. The second-order valence-electron chi connectivity index (χ2n) is 7.54. The fourth-order valence-electron chi connectivity index (χ4n) is 4.15. The van der Waals surface area contributed by atoms with Gasteiger partial charge in [0.25, 0.3) is 5.91 Å². The van der Waals surface area contributed by atoms with E-state index in [0.717, 1.165) is 5.71 Å². The molecule has 2 saturated heterocycles. The van der Waals surface area contributed by atoms with Crippen LogP contribution in [-0.4, -0.2) is 76.0 Å². The summed E-state index contributed by atoms with van der Waals surface area (Å²) in [6.07, 6.45) is 2.73. The second kappa shape index (κ2) is 7.57.